The van der Waals surface area contributed by atoms with E-state index in [1.165, 1.54) is 18.2 Å². The average molecular weight is 541 g/mol. The monoisotopic (exact) mass is 540 g/mol. The molecular formula is C27H40N8O4. The third-order valence-electron chi connectivity index (χ3n) is 7.19. The summed E-state index contributed by atoms with van der Waals surface area (Å²) in [4.78, 5) is 27.0. The van der Waals surface area contributed by atoms with Crippen molar-refractivity contribution in [1.82, 2.24) is 29.7 Å². The maximum Gasteiger partial charge on any atom is 0.319 e. The van der Waals surface area contributed by atoms with Gasteiger partial charge in [-0.1, -0.05) is 39.8 Å². The molecule has 1 aliphatic rings. The molecule has 12 heteroatoms. The third-order valence-corrected chi connectivity index (χ3v) is 7.19. The average Bonchev–Trinajstić information content (AvgIpc) is 3.43. The highest BCUT2D eigenvalue weighted by atomic mass is 16.6. The van der Waals surface area contributed by atoms with Crippen molar-refractivity contribution in [3.63, 3.8) is 0 Å². The van der Waals surface area contributed by atoms with Crippen molar-refractivity contribution < 1.29 is 19.7 Å². The van der Waals surface area contributed by atoms with Gasteiger partial charge in [0.15, 0.2) is 17.7 Å². The summed E-state index contributed by atoms with van der Waals surface area (Å²) in [6, 6.07) is 7.61. The Bertz CT molecular complexity index is 1260. The lowest BCUT2D eigenvalue weighted by Crippen LogP contribution is -2.42. The van der Waals surface area contributed by atoms with Crippen LogP contribution >= 0.6 is 0 Å². The molecule has 1 fully saturated rings. The highest BCUT2D eigenvalue weighted by Crippen LogP contribution is 2.32. The van der Waals surface area contributed by atoms with Crippen LogP contribution in [0.2, 0.25) is 0 Å². The van der Waals surface area contributed by atoms with E-state index in [0.717, 1.165) is 12.1 Å². The lowest BCUT2D eigenvalue weighted by molar-refractivity contribution is -0.0423. The molecule has 0 saturated carbocycles. The first-order chi connectivity index (χ1) is 18.5. The van der Waals surface area contributed by atoms with Gasteiger partial charge in [-0.2, -0.15) is 0 Å². The molecule has 12 nitrogen and oxygen atoms in total. The van der Waals surface area contributed by atoms with Gasteiger partial charge in [0, 0.05) is 18.3 Å². The number of anilines is 2. The molecule has 39 heavy (non-hydrogen) atoms. The van der Waals surface area contributed by atoms with E-state index in [0.29, 0.717) is 30.7 Å². The van der Waals surface area contributed by atoms with Gasteiger partial charge in [0.25, 0.3) is 0 Å². The highest BCUT2D eigenvalue weighted by molar-refractivity contribution is 5.89. The molecule has 212 valence electrons. The van der Waals surface area contributed by atoms with Gasteiger partial charge >= 0.3 is 6.03 Å². The largest absolute Gasteiger partial charge is 0.387 e. The number of fused-ring (bicyclic) bond motifs is 1. The van der Waals surface area contributed by atoms with Gasteiger partial charge in [0.1, 0.15) is 30.2 Å². The molecular weight excluding hydrogens is 500 g/mol. The van der Waals surface area contributed by atoms with Gasteiger partial charge < -0.3 is 36.2 Å². The second kappa shape index (κ2) is 11.8. The topological polar surface area (TPSA) is 164 Å². The zero-order valence-electron chi connectivity index (χ0n) is 23.2. The summed E-state index contributed by atoms with van der Waals surface area (Å²) >= 11 is 0. The van der Waals surface area contributed by atoms with E-state index in [1.54, 1.807) is 4.57 Å². The van der Waals surface area contributed by atoms with E-state index in [4.69, 9.17) is 10.5 Å². The predicted molar refractivity (Wildman–Crippen MR) is 149 cm³/mol. The SMILES string of the molecule is CC[C@@H](CCN(C)C[C@H]1O[C@@H](n2cnc3c(N)ncnc32)[C@H](O)[C@H]1O)NC(=O)Nc1ccc(C(C)(C)C)cc1. The first kappa shape index (κ1) is 28.7. The number of hydrogen-bond donors (Lipinski definition) is 5. The Kier molecular flexibility index (Phi) is 8.70. The van der Waals surface area contributed by atoms with Crippen LogP contribution in [0.5, 0.6) is 0 Å². The molecule has 5 atom stereocenters. The molecule has 0 radical (unpaired) electrons. The number of carbonyl (C=O) groups is 1. The Morgan fingerprint density at radius 1 is 1.18 bits per heavy atom. The Labute approximate surface area is 228 Å². The molecule has 0 aliphatic carbocycles. The fourth-order valence-electron chi connectivity index (χ4n) is 4.73. The van der Waals surface area contributed by atoms with E-state index in [2.05, 4.69) is 46.4 Å². The summed E-state index contributed by atoms with van der Waals surface area (Å²) in [5.74, 6) is 0.231. The summed E-state index contributed by atoms with van der Waals surface area (Å²) in [5, 5.41) is 27.3. The van der Waals surface area contributed by atoms with Gasteiger partial charge in [-0.15, -0.1) is 0 Å². The smallest absolute Gasteiger partial charge is 0.319 e. The number of nitrogens with zero attached hydrogens (tertiary/aromatic N) is 5. The highest BCUT2D eigenvalue weighted by Gasteiger charge is 2.44. The number of amides is 2. The number of aliphatic hydroxyl groups excluding tert-OH is 2. The third kappa shape index (κ3) is 6.64. The normalized spacial score (nSPS) is 22.4. The summed E-state index contributed by atoms with van der Waals surface area (Å²) in [6.45, 7) is 9.53. The molecule has 0 bridgehead atoms. The first-order valence-corrected chi connectivity index (χ1v) is 13.3. The van der Waals surface area contributed by atoms with Gasteiger partial charge in [-0.3, -0.25) is 4.57 Å². The van der Waals surface area contributed by atoms with Crippen molar-refractivity contribution in [2.75, 3.05) is 31.2 Å². The van der Waals surface area contributed by atoms with Crippen LogP contribution < -0.4 is 16.4 Å². The second-order valence-electron chi connectivity index (χ2n) is 11.2. The zero-order chi connectivity index (χ0) is 28.3. The number of rotatable bonds is 9. The van der Waals surface area contributed by atoms with Gasteiger partial charge in [0.2, 0.25) is 0 Å². The number of nitrogens with two attached hydrogens (primary N) is 1. The molecule has 1 saturated heterocycles. The predicted octanol–water partition coefficient (Wildman–Crippen LogP) is 2.25. The lowest BCUT2D eigenvalue weighted by Gasteiger charge is -2.25. The van der Waals surface area contributed by atoms with Crippen molar-refractivity contribution in [3.8, 4) is 0 Å². The molecule has 1 aliphatic heterocycles. The minimum absolute atomic E-state index is 0.0310. The van der Waals surface area contributed by atoms with Crippen LogP contribution in [-0.4, -0.2) is 85.2 Å². The van der Waals surface area contributed by atoms with Gasteiger partial charge in [0.05, 0.1) is 6.33 Å². The van der Waals surface area contributed by atoms with Crippen LogP contribution in [0.3, 0.4) is 0 Å². The maximum atomic E-state index is 12.6. The lowest BCUT2D eigenvalue weighted by atomic mass is 9.87. The number of likely N-dealkylation sites (N-methyl/N-ethyl adjacent to an activating group) is 1. The quantitative estimate of drug-likeness (QED) is 0.274. The Morgan fingerprint density at radius 3 is 2.56 bits per heavy atom. The van der Waals surface area contributed by atoms with Crippen molar-refractivity contribution in [3.05, 3.63) is 42.5 Å². The molecule has 0 unspecified atom stereocenters. The second-order valence-corrected chi connectivity index (χ2v) is 11.2. The summed E-state index contributed by atoms with van der Waals surface area (Å²) in [7, 11) is 1.92. The number of ether oxygens (including phenoxy) is 1. The Morgan fingerprint density at radius 2 is 1.90 bits per heavy atom. The number of imidazole rings is 1. The number of benzene rings is 1. The van der Waals surface area contributed by atoms with Crippen LogP contribution in [-0.2, 0) is 10.2 Å². The minimum atomic E-state index is -1.16. The number of hydrogen-bond acceptors (Lipinski definition) is 9. The molecule has 0 spiro atoms. The molecule has 1 aromatic carbocycles. The minimum Gasteiger partial charge on any atom is -0.387 e. The molecule has 6 N–H and O–H groups in total. The number of nitrogen functional groups attached to an aromatic ring is 1. The summed E-state index contributed by atoms with van der Waals surface area (Å²) in [5.41, 5.74) is 8.70. The van der Waals surface area contributed by atoms with E-state index in [-0.39, 0.29) is 23.3 Å². The molecule has 4 rings (SSSR count). The number of urea groups is 1. The fourth-order valence-corrected chi connectivity index (χ4v) is 4.73. The van der Waals surface area contributed by atoms with Crippen LogP contribution in [0, 0.1) is 0 Å². The Hall–Kier alpha value is -3.32. The van der Waals surface area contributed by atoms with Crippen LogP contribution in [0.15, 0.2) is 36.9 Å². The van der Waals surface area contributed by atoms with Crippen LogP contribution in [0.1, 0.15) is 52.3 Å². The Balaban J connectivity index is 1.27. The van der Waals surface area contributed by atoms with Crippen molar-refractivity contribution in [2.45, 2.75) is 76.5 Å². The van der Waals surface area contributed by atoms with Crippen LogP contribution in [0.25, 0.3) is 11.2 Å². The molecule has 2 aromatic heterocycles. The summed E-state index contributed by atoms with van der Waals surface area (Å²) < 4.78 is 7.61. The van der Waals surface area contributed by atoms with Gasteiger partial charge in [-0.05, 0) is 49.5 Å². The fraction of sp³-hybridized carbons (Fsp3) is 0.556. The van der Waals surface area contributed by atoms with E-state index < -0.39 is 24.5 Å². The summed E-state index contributed by atoms with van der Waals surface area (Å²) in [6.07, 6.45) is 0.534. The first-order valence-electron chi connectivity index (χ1n) is 13.3. The van der Waals surface area contributed by atoms with Crippen LogP contribution in [0.4, 0.5) is 16.3 Å². The number of aliphatic hydroxyl groups is 2. The number of aromatic nitrogens is 4. The number of carbonyl (C=O) groups excluding carboxylic acids is 1. The molecule has 3 aromatic rings. The van der Waals surface area contributed by atoms with Crippen molar-refractivity contribution in [2.24, 2.45) is 0 Å². The molecule has 3 heterocycles. The van der Waals surface area contributed by atoms with E-state index in [1.807, 2.05) is 43.1 Å². The number of nitrogens with one attached hydrogen (secondary N) is 2. The van der Waals surface area contributed by atoms with E-state index >= 15 is 0 Å². The van der Waals surface area contributed by atoms with Crippen molar-refractivity contribution >= 4 is 28.7 Å². The van der Waals surface area contributed by atoms with Gasteiger partial charge in [-0.25, -0.2) is 19.7 Å². The zero-order valence-corrected chi connectivity index (χ0v) is 23.2. The van der Waals surface area contributed by atoms with E-state index in [9.17, 15) is 15.0 Å². The van der Waals surface area contributed by atoms with Crippen molar-refractivity contribution in [1.29, 1.82) is 0 Å². The maximum absolute atomic E-state index is 12.6. The standard InChI is InChI=1S/C27H40N8O4/c1-6-17(32-26(38)33-18-9-7-16(8-10-18)27(2,3)4)11-12-34(5)13-19-21(36)22(37)25(39-19)35-15-31-20-23(28)29-14-30-24(20)35/h7-10,14-15,17,19,21-22,25,36-37H,6,11-13H2,1-5H3,(H2,28,29,30)(H2,32,33,38)/t17-,19+,21-,22+,25+/m0/s1. The molecule has 2 amide bonds.